The molecule has 174 valence electrons. The van der Waals surface area contributed by atoms with Crippen molar-refractivity contribution in [3.63, 3.8) is 0 Å². The Balaban J connectivity index is 0.00000130. The van der Waals surface area contributed by atoms with Crippen LogP contribution in [0.25, 0.3) is 66.7 Å². The second-order valence-electron chi connectivity index (χ2n) is 8.62. The Morgan fingerprint density at radius 1 is 0.444 bits per heavy atom. The van der Waals surface area contributed by atoms with Crippen LogP contribution in [-0.2, 0) is 0 Å². The molecule has 0 heterocycles. The first-order valence-electron chi connectivity index (χ1n) is 12.6. The van der Waals surface area contributed by atoms with E-state index in [4.69, 9.17) is 0 Å². The molecule has 6 aromatic rings. The van der Waals surface area contributed by atoms with E-state index in [1.807, 2.05) is 26.0 Å². The molecule has 0 heteroatoms. The molecule has 0 nitrogen and oxygen atoms in total. The minimum absolute atomic E-state index is 1.12. The van der Waals surface area contributed by atoms with Gasteiger partial charge in [-0.15, -0.1) is 0 Å². The predicted octanol–water partition coefficient (Wildman–Crippen LogP) is 10.8. The molecule has 0 aliphatic rings. The van der Waals surface area contributed by atoms with E-state index in [9.17, 15) is 0 Å². The fourth-order valence-corrected chi connectivity index (χ4v) is 5.30. The van der Waals surface area contributed by atoms with Gasteiger partial charge in [-0.25, -0.2) is 0 Å². The van der Waals surface area contributed by atoms with Crippen molar-refractivity contribution in [3.8, 4) is 22.3 Å². The van der Waals surface area contributed by atoms with Crippen molar-refractivity contribution in [1.82, 2.24) is 0 Å². The summed E-state index contributed by atoms with van der Waals surface area (Å²) in [4.78, 5) is 0. The lowest BCUT2D eigenvalue weighted by molar-refractivity contribution is 1.50. The van der Waals surface area contributed by atoms with Crippen LogP contribution in [0.15, 0.2) is 122 Å². The molecule has 0 aliphatic carbocycles. The zero-order chi connectivity index (χ0) is 25.1. The van der Waals surface area contributed by atoms with Gasteiger partial charge in [0.15, 0.2) is 0 Å². The standard InChI is InChI=1S/C34H24.C2H6/c1-3-27-28(4-2)34(32-17-11-10-16-31(32)33(27)24-13-6-5-7-14-24)26-20-21-30-25(22-26)19-18-23-12-8-9-15-29(23)30;1-2/h3-22H,1-2H2;1-2H3. The molecule has 0 saturated heterocycles. The lowest BCUT2D eigenvalue weighted by atomic mass is 9.83. The van der Waals surface area contributed by atoms with Gasteiger partial charge >= 0.3 is 0 Å². The van der Waals surface area contributed by atoms with Gasteiger partial charge < -0.3 is 0 Å². The van der Waals surface area contributed by atoms with Crippen molar-refractivity contribution in [1.29, 1.82) is 0 Å². The van der Waals surface area contributed by atoms with E-state index in [1.165, 1.54) is 54.6 Å². The summed E-state index contributed by atoms with van der Waals surface area (Å²) in [5, 5.41) is 7.51. The van der Waals surface area contributed by atoms with E-state index in [1.54, 1.807) is 0 Å². The summed E-state index contributed by atoms with van der Waals surface area (Å²) in [6, 6.07) is 39.1. The van der Waals surface area contributed by atoms with Crippen LogP contribution >= 0.6 is 0 Å². The van der Waals surface area contributed by atoms with Gasteiger partial charge in [-0.1, -0.05) is 142 Å². The second-order valence-corrected chi connectivity index (χ2v) is 8.62. The highest BCUT2D eigenvalue weighted by Crippen LogP contribution is 2.43. The van der Waals surface area contributed by atoms with Crippen LogP contribution in [0.5, 0.6) is 0 Å². The van der Waals surface area contributed by atoms with Crippen LogP contribution in [0.2, 0.25) is 0 Å². The van der Waals surface area contributed by atoms with Gasteiger partial charge in [0.2, 0.25) is 0 Å². The molecule has 0 N–H and O–H groups in total. The predicted molar refractivity (Wildman–Crippen MR) is 161 cm³/mol. The van der Waals surface area contributed by atoms with Crippen molar-refractivity contribution >= 4 is 44.5 Å². The first-order chi connectivity index (χ1) is 17.8. The fraction of sp³-hybridized carbons (Fsp3) is 0.0556. The lowest BCUT2D eigenvalue weighted by Gasteiger charge is -2.20. The molecule has 0 saturated carbocycles. The average molecular weight is 463 g/mol. The summed E-state index contributed by atoms with van der Waals surface area (Å²) in [6.07, 6.45) is 3.96. The quantitative estimate of drug-likeness (QED) is 0.229. The molecule has 0 unspecified atom stereocenters. The van der Waals surface area contributed by atoms with E-state index >= 15 is 0 Å². The SMILES string of the molecule is C=Cc1c(C=C)c(-c2ccc3c(ccc4ccccc43)c2)c2ccccc2c1-c1ccccc1.CC. The molecule has 6 aromatic carbocycles. The summed E-state index contributed by atoms with van der Waals surface area (Å²) in [5.74, 6) is 0. The third kappa shape index (κ3) is 3.82. The molecule has 0 fully saturated rings. The third-order valence-electron chi connectivity index (χ3n) is 6.80. The van der Waals surface area contributed by atoms with Gasteiger partial charge in [0.25, 0.3) is 0 Å². The summed E-state index contributed by atoms with van der Waals surface area (Å²) in [6.45, 7) is 12.4. The number of fused-ring (bicyclic) bond motifs is 4. The maximum atomic E-state index is 4.22. The maximum Gasteiger partial charge on any atom is -0.00264 e. The van der Waals surface area contributed by atoms with Gasteiger partial charge in [-0.05, 0) is 71.8 Å². The Morgan fingerprint density at radius 2 is 0.944 bits per heavy atom. The van der Waals surface area contributed by atoms with Gasteiger partial charge in [0.1, 0.15) is 0 Å². The number of hydrogen-bond donors (Lipinski definition) is 0. The molecular formula is C36H30. The number of rotatable bonds is 4. The summed E-state index contributed by atoms with van der Waals surface area (Å²) in [5.41, 5.74) is 7.03. The van der Waals surface area contributed by atoms with Crippen LogP contribution in [0.4, 0.5) is 0 Å². The molecule has 0 spiro atoms. The van der Waals surface area contributed by atoms with Gasteiger partial charge in [0.05, 0.1) is 0 Å². The highest BCUT2D eigenvalue weighted by Gasteiger charge is 2.18. The molecule has 36 heavy (non-hydrogen) atoms. The van der Waals surface area contributed by atoms with E-state index < -0.39 is 0 Å². The first-order valence-corrected chi connectivity index (χ1v) is 12.6. The van der Waals surface area contributed by atoms with Gasteiger partial charge in [-0.2, -0.15) is 0 Å². The Kier molecular flexibility index (Phi) is 6.52. The molecule has 0 aromatic heterocycles. The summed E-state index contributed by atoms with van der Waals surface area (Å²) in [7, 11) is 0. The van der Waals surface area contributed by atoms with Crippen LogP contribution in [-0.4, -0.2) is 0 Å². The number of benzene rings is 6. The van der Waals surface area contributed by atoms with Crippen LogP contribution < -0.4 is 0 Å². The maximum absolute atomic E-state index is 4.22. The Morgan fingerprint density at radius 3 is 1.58 bits per heavy atom. The van der Waals surface area contributed by atoms with Crippen molar-refractivity contribution in [2.75, 3.05) is 0 Å². The summed E-state index contributed by atoms with van der Waals surface area (Å²) < 4.78 is 0. The first kappa shape index (κ1) is 23.3. The largest absolute Gasteiger partial charge is 0.0984 e. The molecule has 0 radical (unpaired) electrons. The van der Waals surface area contributed by atoms with E-state index in [0.717, 1.165) is 11.1 Å². The smallest absolute Gasteiger partial charge is 0.00264 e. The molecule has 6 rings (SSSR count). The van der Waals surface area contributed by atoms with Crippen LogP contribution in [0, 0.1) is 0 Å². The average Bonchev–Trinajstić information content (AvgIpc) is 2.96. The number of hydrogen-bond acceptors (Lipinski definition) is 0. The molecule has 0 atom stereocenters. The zero-order valence-electron chi connectivity index (χ0n) is 21.0. The third-order valence-corrected chi connectivity index (χ3v) is 6.80. The Labute approximate surface area is 213 Å². The minimum atomic E-state index is 1.12. The van der Waals surface area contributed by atoms with E-state index in [-0.39, 0.29) is 0 Å². The summed E-state index contributed by atoms with van der Waals surface area (Å²) >= 11 is 0. The minimum Gasteiger partial charge on any atom is -0.0984 e. The van der Waals surface area contributed by atoms with Gasteiger partial charge in [-0.3, -0.25) is 0 Å². The normalized spacial score (nSPS) is 10.7. The second kappa shape index (κ2) is 10.1. The van der Waals surface area contributed by atoms with Crippen molar-refractivity contribution in [2.45, 2.75) is 13.8 Å². The fourth-order valence-electron chi connectivity index (χ4n) is 5.30. The molecule has 0 amide bonds. The monoisotopic (exact) mass is 462 g/mol. The zero-order valence-corrected chi connectivity index (χ0v) is 21.0. The highest BCUT2D eigenvalue weighted by atomic mass is 14.2. The van der Waals surface area contributed by atoms with Gasteiger partial charge in [0, 0.05) is 0 Å². The van der Waals surface area contributed by atoms with E-state index in [0.29, 0.717) is 0 Å². The topological polar surface area (TPSA) is 0 Å². The Hall–Kier alpha value is -4.42. The lowest BCUT2D eigenvalue weighted by Crippen LogP contribution is -1.96. The molecule has 0 aliphatic heterocycles. The molecular weight excluding hydrogens is 432 g/mol. The van der Waals surface area contributed by atoms with Crippen molar-refractivity contribution < 1.29 is 0 Å². The van der Waals surface area contributed by atoms with Crippen molar-refractivity contribution in [2.24, 2.45) is 0 Å². The van der Waals surface area contributed by atoms with Crippen LogP contribution in [0.3, 0.4) is 0 Å². The van der Waals surface area contributed by atoms with Crippen molar-refractivity contribution in [3.05, 3.63) is 133 Å². The Bertz CT molecular complexity index is 1720. The highest BCUT2D eigenvalue weighted by molar-refractivity contribution is 6.13. The molecule has 0 bridgehead atoms. The van der Waals surface area contributed by atoms with Crippen LogP contribution in [0.1, 0.15) is 25.0 Å². The van der Waals surface area contributed by atoms with E-state index in [2.05, 4.69) is 122 Å².